The minimum atomic E-state index is -0.451. The Kier molecular flexibility index (Phi) is 7.52. The van der Waals surface area contributed by atoms with Crippen LogP contribution in [0, 0.1) is 12.8 Å². The summed E-state index contributed by atoms with van der Waals surface area (Å²) in [6.07, 6.45) is 9.90. The van der Waals surface area contributed by atoms with E-state index in [1.54, 1.807) is 0 Å². The van der Waals surface area contributed by atoms with Crippen molar-refractivity contribution in [1.82, 2.24) is 5.32 Å². The molecule has 0 atom stereocenters. The summed E-state index contributed by atoms with van der Waals surface area (Å²) < 4.78 is 0. The topological polar surface area (TPSA) is 55.1 Å². The summed E-state index contributed by atoms with van der Waals surface area (Å²) in [5.74, 6) is 0. The second-order valence-corrected chi connectivity index (χ2v) is 2.88. The molecule has 1 rings (SSSR count). The number of primary amides is 1. The second kappa shape index (κ2) is 8.64. The maximum absolute atomic E-state index is 10.3. The highest BCUT2D eigenvalue weighted by molar-refractivity contribution is 5.71. The Morgan fingerprint density at radius 1 is 1.27 bits per heavy atom. The Morgan fingerprint density at radius 2 is 1.87 bits per heavy atom. The van der Waals surface area contributed by atoms with Crippen molar-refractivity contribution in [2.75, 3.05) is 6.54 Å². The van der Waals surface area contributed by atoms with E-state index in [-0.39, 0.29) is 0 Å². The molecule has 0 aliphatic rings. The van der Waals surface area contributed by atoms with E-state index in [1.807, 2.05) is 18.2 Å². The minimum absolute atomic E-state index is 0.451. The molecule has 3 heteroatoms. The van der Waals surface area contributed by atoms with Crippen LogP contribution in [-0.2, 0) is 6.42 Å². The number of benzene rings is 1. The average Bonchev–Trinajstić information content (AvgIpc) is 2.28. The number of nitrogens with two attached hydrogens (primary N) is 1. The van der Waals surface area contributed by atoms with Crippen LogP contribution in [0.1, 0.15) is 12.0 Å². The molecular formula is C12H16N2O. The van der Waals surface area contributed by atoms with Crippen LogP contribution in [0.2, 0.25) is 0 Å². The number of nitrogens with one attached hydrogen (secondary N) is 1. The number of terminal acetylenes is 1. The highest BCUT2D eigenvalue weighted by atomic mass is 16.2. The number of hydrogen-bond acceptors (Lipinski definition) is 1. The third-order valence-corrected chi connectivity index (χ3v) is 1.78. The second-order valence-electron chi connectivity index (χ2n) is 2.88. The van der Waals surface area contributed by atoms with Crippen LogP contribution in [0.15, 0.2) is 30.3 Å². The number of urea groups is 1. The van der Waals surface area contributed by atoms with Gasteiger partial charge in [-0.05, 0) is 18.4 Å². The van der Waals surface area contributed by atoms with Gasteiger partial charge in [-0.15, -0.1) is 12.8 Å². The minimum Gasteiger partial charge on any atom is -0.352 e. The van der Waals surface area contributed by atoms with Crippen LogP contribution < -0.4 is 11.1 Å². The van der Waals surface area contributed by atoms with Gasteiger partial charge in [-0.1, -0.05) is 30.3 Å². The molecule has 2 amide bonds. The molecule has 0 unspecified atom stereocenters. The van der Waals surface area contributed by atoms with Crippen LogP contribution in [0.3, 0.4) is 0 Å². The summed E-state index contributed by atoms with van der Waals surface area (Å²) >= 11 is 0. The summed E-state index contributed by atoms with van der Waals surface area (Å²) in [5, 5.41) is 2.55. The molecule has 3 N–H and O–H groups in total. The lowest BCUT2D eigenvalue weighted by Gasteiger charge is -2.01. The van der Waals surface area contributed by atoms with Crippen molar-refractivity contribution in [3.05, 3.63) is 35.9 Å². The van der Waals surface area contributed by atoms with Gasteiger partial charge in [-0.3, -0.25) is 0 Å². The molecule has 0 spiro atoms. The Labute approximate surface area is 90.7 Å². The lowest BCUT2D eigenvalue weighted by molar-refractivity contribution is 0.249. The molecule has 0 fully saturated rings. The molecule has 15 heavy (non-hydrogen) atoms. The first-order valence-corrected chi connectivity index (χ1v) is 4.69. The smallest absolute Gasteiger partial charge is 0.312 e. The lowest BCUT2D eigenvalue weighted by Crippen LogP contribution is -2.30. The molecule has 0 aliphatic carbocycles. The van der Waals surface area contributed by atoms with Gasteiger partial charge in [0, 0.05) is 6.54 Å². The zero-order valence-electron chi connectivity index (χ0n) is 8.65. The van der Waals surface area contributed by atoms with E-state index in [1.165, 1.54) is 5.56 Å². The largest absolute Gasteiger partial charge is 0.352 e. The van der Waals surface area contributed by atoms with Crippen molar-refractivity contribution in [3.63, 3.8) is 0 Å². The molecule has 3 nitrogen and oxygen atoms in total. The van der Waals surface area contributed by atoms with Gasteiger partial charge in [0.25, 0.3) is 0 Å². The van der Waals surface area contributed by atoms with E-state index >= 15 is 0 Å². The van der Waals surface area contributed by atoms with Gasteiger partial charge in [-0.2, -0.15) is 0 Å². The zero-order valence-corrected chi connectivity index (χ0v) is 8.65. The first-order valence-electron chi connectivity index (χ1n) is 4.69. The van der Waals surface area contributed by atoms with Crippen molar-refractivity contribution >= 4 is 6.03 Å². The molecule has 0 saturated heterocycles. The number of hydrogen-bond donors (Lipinski definition) is 2. The summed E-state index contributed by atoms with van der Waals surface area (Å²) in [4.78, 5) is 10.3. The summed E-state index contributed by atoms with van der Waals surface area (Å²) in [6.45, 7) is 0.643. The van der Waals surface area contributed by atoms with E-state index in [4.69, 9.17) is 5.73 Å². The Morgan fingerprint density at radius 3 is 2.40 bits per heavy atom. The molecule has 0 aliphatic heterocycles. The maximum atomic E-state index is 10.3. The van der Waals surface area contributed by atoms with Gasteiger partial charge in [0.05, 0.1) is 0 Å². The molecule has 0 aromatic heterocycles. The third kappa shape index (κ3) is 7.15. The molecule has 0 saturated carbocycles. The number of aryl methyl sites for hydroxylation is 1. The van der Waals surface area contributed by atoms with E-state index in [2.05, 4.69) is 30.3 Å². The van der Waals surface area contributed by atoms with Gasteiger partial charge in [0.15, 0.2) is 0 Å². The van der Waals surface area contributed by atoms with Crippen molar-refractivity contribution < 1.29 is 4.79 Å². The number of carbonyl (C=O) groups excluding carboxylic acids is 1. The summed E-state index contributed by atoms with van der Waals surface area (Å²) in [6, 6.07) is 9.71. The molecule has 0 radical (unpaired) electrons. The standard InChI is InChI=1S/C10H14N2O.C2H2/c11-10(13)12-8-4-7-9-5-2-1-3-6-9;1-2/h1-3,5-6H,4,7-8H2,(H3,11,12,13);1-2H. The van der Waals surface area contributed by atoms with Crippen LogP contribution in [-0.4, -0.2) is 12.6 Å². The monoisotopic (exact) mass is 204 g/mol. The van der Waals surface area contributed by atoms with E-state index in [0.29, 0.717) is 6.54 Å². The predicted octanol–water partition coefficient (Wildman–Crippen LogP) is 1.54. The van der Waals surface area contributed by atoms with Crippen molar-refractivity contribution in [2.45, 2.75) is 12.8 Å². The van der Waals surface area contributed by atoms with Crippen LogP contribution in [0.25, 0.3) is 0 Å². The van der Waals surface area contributed by atoms with E-state index in [0.717, 1.165) is 12.8 Å². The fourth-order valence-electron chi connectivity index (χ4n) is 1.15. The highest BCUT2D eigenvalue weighted by Gasteiger charge is 1.93. The van der Waals surface area contributed by atoms with Crippen molar-refractivity contribution in [2.24, 2.45) is 5.73 Å². The molecule has 0 bridgehead atoms. The van der Waals surface area contributed by atoms with E-state index < -0.39 is 6.03 Å². The fraction of sp³-hybridized carbons (Fsp3) is 0.250. The number of rotatable bonds is 4. The number of amides is 2. The normalized spacial score (nSPS) is 8.40. The van der Waals surface area contributed by atoms with Crippen molar-refractivity contribution in [3.8, 4) is 12.8 Å². The number of carbonyl (C=O) groups is 1. The quantitative estimate of drug-likeness (QED) is 0.567. The maximum Gasteiger partial charge on any atom is 0.312 e. The Bertz CT molecular complexity index is 293. The summed E-state index contributed by atoms with van der Waals surface area (Å²) in [7, 11) is 0. The van der Waals surface area contributed by atoms with Gasteiger partial charge in [0.1, 0.15) is 0 Å². The van der Waals surface area contributed by atoms with Crippen LogP contribution >= 0.6 is 0 Å². The van der Waals surface area contributed by atoms with Gasteiger partial charge in [0.2, 0.25) is 0 Å². The van der Waals surface area contributed by atoms with Crippen molar-refractivity contribution in [1.29, 1.82) is 0 Å². The molecule has 80 valence electrons. The molecule has 0 heterocycles. The Balaban J connectivity index is 0.000000921. The van der Waals surface area contributed by atoms with Crippen LogP contribution in [0.5, 0.6) is 0 Å². The third-order valence-electron chi connectivity index (χ3n) is 1.78. The molecule has 1 aromatic carbocycles. The molecule has 1 aromatic rings. The lowest BCUT2D eigenvalue weighted by atomic mass is 10.1. The first-order chi connectivity index (χ1) is 7.29. The highest BCUT2D eigenvalue weighted by Crippen LogP contribution is 2.00. The first kappa shape index (κ1) is 13.1. The summed E-state index contributed by atoms with van der Waals surface area (Å²) in [5.41, 5.74) is 6.21. The van der Waals surface area contributed by atoms with Gasteiger partial charge >= 0.3 is 6.03 Å². The van der Waals surface area contributed by atoms with E-state index in [9.17, 15) is 4.79 Å². The average molecular weight is 204 g/mol. The van der Waals surface area contributed by atoms with Gasteiger partial charge in [-0.25, -0.2) is 4.79 Å². The predicted molar refractivity (Wildman–Crippen MR) is 62.2 cm³/mol. The SMILES string of the molecule is C#C.NC(=O)NCCCc1ccccc1. The van der Waals surface area contributed by atoms with Crippen LogP contribution in [0.4, 0.5) is 4.79 Å². The zero-order chi connectivity index (χ0) is 11.5. The Hall–Kier alpha value is -1.95. The van der Waals surface area contributed by atoms with Gasteiger partial charge < -0.3 is 11.1 Å². The fourth-order valence-corrected chi connectivity index (χ4v) is 1.15. The molecular weight excluding hydrogens is 188 g/mol.